The minimum absolute atomic E-state index is 0.00280. The van der Waals surface area contributed by atoms with Gasteiger partial charge < -0.3 is 14.5 Å². The van der Waals surface area contributed by atoms with Crippen molar-refractivity contribution in [3.05, 3.63) is 71.3 Å². The van der Waals surface area contributed by atoms with Gasteiger partial charge in [-0.05, 0) is 44.0 Å². The molecule has 1 aliphatic rings. The van der Waals surface area contributed by atoms with Crippen LogP contribution in [-0.2, 0) is 11.3 Å². The number of carbonyl (C=O) groups is 1. The van der Waals surface area contributed by atoms with Crippen LogP contribution < -0.4 is 0 Å². The van der Waals surface area contributed by atoms with Gasteiger partial charge in [-0.25, -0.2) is 4.79 Å². The zero-order valence-electron chi connectivity index (χ0n) is 15.7. The number of benzene rings is 2. The molecule has 3 rings (SSSR count). The van der Waals surface area contributed by atoms with Crippen molar-refractivity contribution in [2.75, 3.05) is 26.7 Å². The molecule has 0 aliphatic carbocycles. The molecular weight excluding hydrogens is 324 g/mol. The largest absolute Gasteiger partial charge is 0.445 e. The molecule has 138 valence electrons. The smallest absolute Gasteiger partial charge is 0.410 e. The summed E-state index contributed by atoms with van der Waals surface area (Å²) in [5, 5.41) is 0. The minimum atomic E-state index is -0.279. The van der Waals surface area contributed by atoms with Gasteiger partial charge in [0.2, 0.25) is 0 Å². The molecule has 1 heterocycles. The summed E-state index contributed by atoms with van der Waals surface area (Å²) in [6.07, 6.45) is 2.20. The van der Waals surface area contributed by atoms with Crippen LogP contribution >= 0.6 is 0 Å². The molecule has 2 aromatic rings. The zero-order chi connectivity index (χ0) is 18.4. The average Bonchev–Trinajstić information content (AvgIpc) is 3.18. The van der Waals surface area contributed by atoms with Crippen LogP contribution in [-0.4, -0.2) is 42.6 Å². The Hall–Kier alpha value is -2.33. The summed E-state index contributed by atoms with van der Waals surface area (Å²) in [6, 6.07) is 18.3. The maximum absolute atomic E-state index is 12.7. The lowest BCUT2D eigenvalue weighted by Crippen LogP contribution is -2.38. The summed E-state index contributed by atoms with van der Waals surface area (Å²) in [7, 11) is 1.84. The standard InChI is InChI=1S/C22H28N2O2/c1-18-10-12-20(13-11-18)21(16-24-14-6-7-15-24)23(2)22(25)26-17-19-8-4-3-5-9-19/h3-5,8-13,21H,6-7,14-17H2,1-2H3. The van der Waals surface area contributed by atoms with Gasteiger partial charge in [0.1, 0.15) is 6.61 Å². The first-order valence-corrected chi connectivity index (χ1v) is 9.36. The number of amides is 1. The highest BCUT2D eigenvalue weighted by atomic mass is 16.6. The number of ether oxygens (including phenoxy) is 1. The van der Waals surface area contributed by atoms with E-state index in [2.05, 4.69) is 36.1 Å². The van der Waals surface area contributed by atoms with Crippen molar-refractivity contribution >= 4 is 6.09 Å². The first-order chi connectivity index (χ1) is 12.6. The third-order valence-corrected chi connectivity index (χ3v) is 5.05. The predicted octanol–water partition coefficient (Wildman–Crippen LogP) is 4.40. The van der Waals surface area contributed by atoms with Crippen molar-refractivity contribution in [2.24, 2.45) is 0 Å². The van der Waals surface area contributed by atoms with Gasteiger partial charge in [0, 0.05) is 13.6 Å². The molecule has 0 aromatic heterocycles. The van der Waals surface area contributed by atoms with Crippen LogP contribution in [0, 0.1) is 6.92 Å². The molecular formula is C22H28N2O2. The van der Waals surface area contributed by atoms with Crippen LogP contribution in [0.2, 0.25) is 0 Å². The van der Waals surface area contributed by atoms with Crippen molar-refractivity contribution in [3.8, 4) is 0 Å². The van der Waals surface area contributed by atoms with E-state index in [1.807, 2.05) is 37.4 Å². The molecule has 4 heteroatoms. The molecule has 26 heavy (non-hydrogen) atoms. The first-order valence-electron chi connectivity index (χ1n) is 9.36. The van der Waals surface area contributed by atoms with Crippen LogP contribution in [0.4, 0.5) is 4.79 Å². The fourth-order valence-electron chi connectivity index (χ4n) is 3.40. The lowest BCUT2D eigenvalue weighted by atomic mass is 10.0. The Morgan fingerprint density at radius 1 is 1.08 bits per heavy atom. The molecule has 0 N–H and O–H groups in total. The Kier molecular flexibility index (Phi) is 6.29. The molecule has 4 nitrogen and oxygen atoms in total. The maximum Gasteiger partial charge on any atom is 0.410 e. The molecule has 0 saturated carbocycles. The lowest BCUT2D eigenvalue weighted by Gasteiger charge is -2.31. The number of hydrogen-bond acceptors (Lipinski definition) is 3. The monoisotopic (exact) mass is 352 g/mol. The molecule has 0 bridgehead atoms. The van der Waals surface area contributed by atoms with Crippen LogP contribution in [0.3, 0.4) is 0 Å². The summed E-state index contributed by atoms with van der Waals surface area (Å²) in [5.74, 6) is 0. The van der Waals surface area contributed by atoms with Gasteiger partial charge in [-0.3, -0.25) is 0 Å². The Morgan fingerprint density at radius 3 is 2.38 bits per heavy atom. The van der Waals surface area contributed by atoms with Crippen molar-refractivity contribution in [3.63, 3.8) is 0 Å². The van der Waals surface area contributed by atoms with Crippen molar-refractivity contribution < 1.29 is 9.53 Å². The highest BCUT2D eigenvalue weighted by Gasteiger charge is 2.26. The van der Waals surface area contributed by atoms with E-state index >= 15 is 0 Å². The fraction of sp³-hybridized carbons (Fsp3) is 0.409. The van der Waals surface area contributed by atoms with Crippen molar-refractivity contribution in [1.29, 1.82) is 0 Å². The average molecular weight is 352 g/mol. The first kappa shape index (κ1) is 18.5. The van der Waals surface area contributed by atoms with Gasteiger partial charge in [-0.1, -0.05) is 60.2 Å². The Balaban J connectivity index is 1.69. The Labute approximate surface area is 156 Å². The third kappa shape index (κ3) is 4.85. The molecule has 1 saturated heterocycles. The summed E-state index contributed by atoms with van der Waals surface area (Å²) < 4.78 is 5.55. The van der Waals surface area contributed by atoms with Gasteiger partial charge in [0.25, 0.3) is 0 Å². The normalized spacial score (nSPS) is 15.6. The summed E-state index contributed by atoms with van der Waals surface area (Å²) in [5.41, 5.74) is 3.38. The number of nitrogens with zero attached hydrogens (tertiary/aromatic N) is 2. The van der Waals surface area contributed by atoms with Gasteiger partial charge in [-0.2, -0.15) is 0 Å². The predicted molar refractivity (Wildman–Crippen MR) is 104 cm³/mol. The fourth-order valence-corrected chi connectivity index (χ4v) is 3.40. The van der Waals surface area contributed by atoms with E-state index in [0.717, 1.165) is 30.8 Å². The van der Waals surface area contributed by atoms with E-state index < -0.39 is 0 Å². The number of carbonyl (C=O) groups excluding carboxylic acids is 1. The number of rotatable bonds is 6. The second kappa shape index (κ2) is 8.86. The summed E-state index contributed by atoms with van der Waals surface area (Å²) >= 11 is 0. The lowest BCUT2D eigenvalue weighted by molar-refractivity contribution is 0.0834. The molecule has 1 amide bonds. The summed E-state index contributed by atoms with van der Waals surface area (Å²) in [6.45, 7) is 5.44. The van der Waals surface area contributed by atoms with Gasteiger partial charge in [0.15, 0.2) is 0 Å². The van der Waals surface area contributed by atoms with Crippen LogP contribution in [0.1, 0.15) is 35.6 Å². The van der Waals surface area contributed by atoms with E-state index in [9.17, 15) is 4.79 Å². The van der Waals surface area contributed by atoms with Gasteiger partial charge >= 0.3 is 6.09 Å². The van der Waals surface area contributed by atoms with Crippen molar-refractivity contribution in [2.45, 2.75) is 32.4 Å². The highest BCUT2D eigenvalue weighted by Crippen LogP contribution is 2.24. The van der Waals surface area contributed by atoms with E-state index in [0.29, 0.717) is 6.61 Å². The Morgan fingerprint density at radius 2 is 1.73 bits per heavy atom. The number of likely N-dealkylation sites (tertiary alicyclic amines) is 1. The molecule has 0 spiro atoms. The number of likely N-dealkylation sites (N-methyl/N-ethyl adjacent to an activating group) is 1. The minimum Gasteiger partial charge on any atom is -0.445 e. The third-order valence-electron chi connectivity index (χ3n) is 5.05. The quantitative estimate of drug-likeness (QED) is 0.772. The topological polar surface area (TPSA) is 32.8 Å². The van der Waals surface area contributed by atoms with E-state index in [4.69, 9.17) is 4.74 Å². The van der Waals surface area contributed by atoms with E-state index in [1.165, 1.54) is 18.4 Å². The molecule has 1 aliphatic heterocycles. The molecule has 1 atom stereocenters. The molecule has 1 fully saturated rings. The van der Waals surface area contributed by atoms with Crippen LogP contribution in [0.25, 0.3) is 0 Å². The Bertz CT molecular complexity index is 694. The van der Waals surface area contributed by atoms with E-state index in [-0.39, 0.29) is 12.1 Å². The van der Waals surface area contributed by atoms with Crippen LogP contribution in [0.5, 0.6) is 0 Å². The SMILES string of the molecule is Cc1ccc(C(CN2CCCC2)N(C)C(=O)OCc2ccccc2)cc1. The van der Waals surface area contributed by atoms with Crippen molar-refractivity contribution in [1.82, 2.24) is 9.80 Å². The second-order valence-corrected chi connectivity index (χ2v) is 7.09. The zero-order valence-corrected chi connectivity index (χ0v) is 15.7. The van der Waals surface area contributed by atoms with Gasteiger partial charge in [0.05, 0.1) is 6.04 Å². The van der Waals surface area contributed by atoms with E-state index in [1.54, 1.807) is 4.90 Å². The molecule has 1 unspecified atom stereocenters. The molecule has 0 radical (unpaired) electrons. The molecule has 2 aromatic carbocycles. The second-order valence-electron chi connectivity index (χ2n) is 7.09. The number of hydrogen-bond donors (Lipinski definition) is 0. The summed E-state index contributed by atoms with van der Waals surface area (Å²) in [4.78, 5) is 16.8. The van der Waals surface area contributed by atoms with Gasteiger partial charge in [-0.15, -0.1) is 0 Å². The number of aryl methyl sites for hydroxylation is 1. The highest BCUT2D eigenvalue weighted by molar-refractivity contribution is 5.68. The van der Waals surface area contributed by atoms with Crippen LogP contribution in [0.15, 0.2) is 54.6 Å². The maximum atomic E-state index is 12.7.